The number of amides is 1. The monoisotopic (exact) mass is 261 g/mol. The van der Waals surface area contributed by atoms with Crippen LogP contribution in [0.25, 0.3) is 10.9 Å². The molecule has 2 rings (SSSR count). The van der Waals surface area contributed by atoms with Crippen LogP contribution in [-0.4, -0.2) is 17.6 Å². The molecule has 0 radical (unpaired) electrons. The predicted octanol–water partition coefficient (Wildman–Crippen LogP) is 0.390. The van der Waals surface area contributed by atoms with Crippen molar-refractivity contribution in [2.75, 3.05) is 7.11 Å². The van der Waals surface area contributed by atoms with Gasteiger partial charge in [-0.3, -0.25) is 15.0 Å². The average molecular weight is 261 g/mol. The molecule has 0 bridgehead atoms. The number of fused-ring (bicyclic) bond motifs is 1. The van der Waals surface area contributed by atoms with E-state index in [0.717, 1.165) is 0 Å². The van der Waals surface area contributed by atoms with Gasteiger partial charge in [-0.15, -0.1) is 0 Å². The Labute approximate surface area is 109 Å². The minimum Gasteiger partial charge on any atom is -0.495 e. The molecule has 0 atom stereocenters. The lowest BCUT2D eigenvalue weighted by molar-refractivity contribution is -0.121. The zero-order chi connectivity index (χ0) is 13.8. The molecular weight excluding hydrogens is 246 g/mol. The van der Waals surface area contributed by atoms with Gasteiger partial charge < -0.3 is 9.30 Å². The molecule has 0 fully saturated rings. The van der Waals surface area contributed by atoms with Gasteiger partial charge in [0.05, 0.1) is 12.6 Å². The van der Waals surface area contributed by atoms with E-state index in [9.17, 15) is 9.59 Å². The van der Waals surface area contributed by atoms with Gasteiger partial charge in [-0.2, -0.15) is 0 Å². The molecule has 0 aliphatic carbocycles. The summed E-state index contributed by atoms with van der Waals surface area (Å²) in [6.45, 7) is 0.417. The lowest BCUT2D eigenvalue weighted by Crippen LogP contribution is -2.30. The average Bonchev–Trinajstić information content (AvgIpc) is 2.45. The smallest absolute Gasteiger partial charge is 0.235 e. The molecule has 100 valence electrons. The Morgan fingerprint density at radius 2 is 2.21 bits per heavy atom. The summed E-state index contributed by atoms with van der Waals surface area (Å²) >= 11 is 0. The predicted molar refractivity (Wildman–Crippen MR) is 71.7 cm³/mol. The van der Waals surface area contributed by atoms with Gasteiger partial charge in [0, 0.05) is 30.6 Å². The number of hydrazine groups is 1. The second kappa shape index (κ2) is 5.53. The van der Waals surface area contributed by atoms with Gasteiger partial charge >= 0.3 is 0 Å². The number of methoxy groups -OCH3 is 1. The second-order valence-electron chi connectivity index (χ2n) is 4.05. The third-order valence-corrected chi connectivity index (χ3v) is 2.92. The summed E-state index contributed by atoms with van der Waals surface area (Å²) in [6, 6.07) is 6.75. The number of benzene rings is 1. The third-order valence-electron chi connectivity index (χ3n) is 2.92. The lowest BCUT2D eigenvalue weighted by Gasteiger charge is -2.13. The number of carbonyl (C=O) groups is 1. The van der Waals surface area contributed by atoms with Gasteiger partial charge in [-0.25, -0.2) is 5.84 Å². The number of rotatable bonds is 4. The Balaban J connectivity index is 2.52. The number of ether oxygens (including phenoxy) is 1. The molecule has 0 spiro atoms. The Morgan fingerprint density at radius 3 is 2.89 bits per heavy atom. The standard InChI is InChI=1S/C13H15N3O3/c1-19-11-4-2-3-9-10(17)5-7-16(13(9)11)8-6-12(18)15-14/h2-5,7H,6,8,14H2,1H3,(H,15,18). The second-order valence-corrected chi connectivity index (χ2v) is 4.05. The van der Waals surface area contributed by atoms with Gasteiger partial charge in [-0.1, -0.05) is 6.07 Å². The Morgan fingerprint density at radius 1 is 1.42 bits per heavy atom. The molecule has 1 amide bonds. The highest BCUT2D eigenvalue weighted by atomic mass is 16.5. The minimum absolute atomic E-state index is 0.0755. The lowest BCUT2D eigenvalue weighted by atomic mass is 10.2. The van der Waals surface area contributed by atoms with Gasteiger partial charge in [0.15, 0.2) is 5.43 Å². The Hall–Kier alpha value is -2.34. The normalized spacial score (nSPS) is 10.4. The summed E-state index contributed by atoms with van der Waals surface area (Å²) < 4.78 is 7.08. The van der Waals surface area contributed by atoms with Crippen LogP contribution in [-0.2, 0) is 11.3 Å². The van der Waals surface area contributed by atoms with Crippen molar-refractivity contribution >= 4 is 16.8 Å². The molecule has 6 nitrogen and oxygen atoms in total. The summed E-state index contributed by atoms with van der Waals surface area (Å²) in [4.78, 5) is 23.0. The number of nitrogens with zero attached hydrogens (tertiary/aromatic N) is 1. The van der Waals surface area contributed by atoms with Crippen molar-refractivity contribution < 1.29 is 9.53 Å². The van der Waals surface area contributed by atoms with Crippen molar-refractivity contribution in [3.05, 3.63) is 40.7 Å². The molecular formula is C13H15N3O3. The van der Waals surface area contributed by atoms with E-state index in [0.29, 0.717) is 23.2 Å². The number of hydrogen-bond donors (Lipinski definition) is 2. The molecule has 0 saturated heterocycles. The molecule has 0 aliphatic heterocycles. The van der Waals surface area contributed by atoms with Crippen LogP contribution >= 0.6 is 0 Å². The van der Waals surface area contributed by atoms with E-state index in [4.69, 9.17) is 10.6 Å². The molecule has 0 unspecified atom stereocenters. The summed E-state index contributed by atoms with van der Waals surface area (Å²) in [5.74, 6) is 5.38. The summed E-state index contributed by atoms with van der Waals surface area (Å²) in [5.41, 5.74) is 2.69. The highest BCUT2D eigenvalue weighted by molar-refractivity contribution is 5.85. The molecule has 2 aromatic rings. The zero-order valence-corrected chi connectivity index (χ0v) is 10.6. The summed E-state index contributed by atoms with van der Waals surface area (Å²) in [5, 5.41) is 0.565. The third kappa shape index (κ3) is 2.58. The molecule has 19 heavy (non-hydrogen) atoms. The van der Waals surface area contributed by atoms with Crippen LogP contribution in [0.15, 0.2) is 35.3 Å². The highest BCUT2D eigenvalue weighted by Gasteiger charge is 2.09. The quantitative estimate of drug-likeness (QED) is 0.473. The van der Waals surface area contributed by atoms with Crippen LogP contribution in [0, 0.1) is 0 Å². The minimum atomic E-state index is -0.262. The molecule has 1 aromatic heterocycles. The number of pyridine rings is 1. The van der Waals surface area contributed by atoms with Crippen molar-refractivity contribution in [2.45, 2.75) is 13.0 Å². The first-order valence-electron chi connectivity index (χ1n) is 5.83. The zero-order valence-electron chi connectivity index (χ0n) is 10.6. The SMILES string of the molecule is COc1cccc2c(=O)ccn(CCC(=O)NN)c12. The first-order valence-corrected chi connectivity index (χ1v) is 5.83. The van der Waals surface area contributed by atoms with Crippen molar-refractivity contribution in [1.82, 2.24) is 9.99 Å². The first-order chi connectivity index (χ1) is 9.17. The van der Waals surface area contributed by atoms with Crippen LogP contribution in [0.1, 0.15) is 6.42 Å². The number of aromatic nitrogens is 1. The van der Waals surface area contributed by atoms with Crippen LogP contribution in [0.5, 0.6) is 5.75 Å². The van der Waals surface area contributed by atoms with E-state index in [1.165, 1.54) is 6.07 Å². The van der Waals surface area contributed by atoms with Crippen molar-refractivity contribution in [3.63, 3.8) is 0 Å². The van der Waals surface area contributed by atoms with E-state index >= 15 is 0 Å². The van der Waals surface area contributed by atoms with Gasteiger partial charge in [-0.05, 0) is 12.1 Å². The maximum atomic E-state index is 11.8. The van der Waals surface area contributed by atoms with Crippen molar-refractivity contribution in [1.29, 1.82) is 0 Å². The van der Waals surface area contributed by atoms with Crippen molar-refractivity contribution in [3.8, 4) is 5.75 Å². The number of aryl methyl sites for hydroxylation is 1. The largest absolute Gasteiger partial charge is 0.495 e. The van der Waals surface area contributed by atoms with Gasteiger partial charge in [0.2, 0.25) is 5.91 Å². The van der Waals surface area contributed by atoms with E-state index in [1.54, 1.807) is 31.5 Å². The summed E-state index contributed by atoms with van der Waals surface area (Å²) in [6.07, 6.45) is 1.88. The molecule has 0 saturated carbocycles. The maximum absolute atomic E-state index is 11.8. The van der Waals surface area contributed by atoms with E-state index in [2.05, 4.69) is 5.43 Å². The van der Waals surface area contributed by atoms with E-state index in [-0.39, 0.29) is 17.8 Å². The molecule has 6 heteroatoms. The maximum Gasteiger partial charge on any atom is 0.235 e. The molecule has 3 N–H and O–H groups in total. The van der Waals surface area contributed by atoms with Gasteiger partial charge in [0.1, 0.15) is 5.75 Å². The topological polar surface area (TPSA) is 86.3 Å². The van der Waals surface area contributed by atoms with Crippen molar-refractivity contribution in [2.24, 2.45) is 5.84 Å². The Bertz CT molecular complexity index is 664. The fraction of sp³-hybridized carbons (Fsp3) is 0.231. The molecule has 1 aromatic carbocycles. The number of carbonyl (C=O) groups excluding carboxylic acids is 1. The first kappa shape index (κ1) is 13.1. The van der Waals surface area contributed by atoms with E-state index < -0.39 is 0 Å². The van der Waals surface area contributed by atoms with Gasteiger partial charge in [0.25, 0.3) is 0 Å². The number of hydrogen-bond acceptors (Lipinski definition) is 4. The van der Waals surface area contributed by atoms with Crippen LogP contribution in [0.2, 0.25) is 0 Å². The Kier molecular flexibility index (Phi) is 3.82. The summed E-state index contributed by atoms with van der Waals surface area (Å²) in [7, 11) is 1.54. The number of nitrogens with one attached hydrogen (secondary N) is 1. The fourth-order valence-corrected chi connectivity index (χ4v) is 1.98. The van der Waals surface area contributed by atoms with Crippen LogP contribution in [0.4, 0.5) is 0 Å². The number of para-hydroxylation sites is 1. The van der Waals surface area contributed by atoms with E-state index in [1.807, 2.05) is 4.57 Å². The highest BCUT2D eigenvalue weighted by Crippen LogP contribution is 2.23. The fourth-order valence-electron chi connectivity index (χ4n) is 1.98. The van der Waals surface area contributed by atoms with Crippen LogP contribution < -0.4 is 21.4 Å². The molecule has 0 aliphatic rings. The number of nitrogens with two attached hydrogens (primary N) is 1. The molecule has 1 heterocycles. The van der Waals surface area contributed by atoms with Crippen LogP contribution in [0.3, 0.4) is 0 Å².